The lowest BCUT2D eigenvalue weighted by atomic mass is 10.0. The van der Waals surface area contributed by atoms with Gasteiger partial charge in [-0.2, -0.15) is 15.3 Å². The average Bonchev–Trinajstić information content (AvgIpc) is 3.72. The first-order valence-electron chi connectivity index (χ1n) is 12.6. The second-order valence-electron chi connectivity index (χ2n) is 10.0. The molecule has 0 aliphatic carbocycles. The molecule has 10 nitrogen and oxygen atoms in total. The molecule has 7 rings (SSSR count). The van der Waals surface area contributed by atoms with Crippen LogP contribution in [0.3, 0.4) is 0 Å². The quantitative estimate of drug-likeness (QED) is 0.293. The van der Waals surface area contributed by atoms with E-state index in [9.17, 15) is 9.18 Å². The zero-order valence-electron chi connectivity index (χ0n) is 21.2. The Labute approximate surface area is 221 Å². The molecule has 39 heavy (non-hydrogen) atoms. The van der Waals surface area contributed by atoms with Crippen molar-refractivity contribution in [3.05, 3.63) is 89.3 Å². The smallest absolute Gasteiger partial charge is 0.276 e. The van der Waals surface area contributed by atoms with Crippen LogP contribution in [0.2, 0.25) is 0 Å². The number of amides is 1. The lowest BCUT2D eigenvalue weighted by Gasteiger charge is -2.18. The van der Waals surface area contributed by atoms with Crippen molar-refractivity contribution in [1.29, 1.82) is 0 Å². The zero-order chi connectivity index (χ0) is 26.7. The number of anilines is 2. The van der Waals surface area contributed by atoms with Crippen LogP contribution in [-0.4, -0.2) is 40.9 Å². The molecular formula is C28H24FN9O. The Morgan fingerprint density at radius 1 is 1.05 bits per heavy atom. The van der Waals surface area contributed by atoms with Crippen LogP contribution in [0.25, 0.3) is 27.8 Å². The highest BCUT2D eigenvalue weighted by Gasteiger charge is 2.28. The van der Waals surface area contributed by atoms with Crippen LogP contribution in [0.1, 0.15) is 46.9 Å². The summed E-state index contributed by atoms with van der Waals surface area (Å²) in [7, 11) is 0. The van der Waals surface area contributed by atoms with Crippen LogP contribution < -0.4 is 10.2 Å². The molecule has 1 amide bonds. The summed E-state index contributed by atoms with van der Waals surface area (Å²) >= 11 is 0. The maximum absolute atomic E-state index is 13.9. The lowest BCUT2D eigenvalue weighted by Crippen LogP contribution is -2.17. The number of benzene rings is 2. The normalized spacial score (nSPS) is 13.1. The van der Waals surface area contributed by atoms with Crippen LogP contribution in [0.15, 0.2) is 61.1 Å². The number of fused-ring (bicyclic) bond motifs is 3. The predicted molar refractivity (Wildman–Crippen MR) is 145 cm³/mol. The number of carbonyl (C=O) groups excluding carboxylic acids is 1. The van der Waals surface area contributed by atoms with Gasteiger partial charge in [-0.3, -0.25) is 15.0 Å². The van der Waals surface area contributed by atoms with E-state index in [1.165, 1.54) is 6.07 Å². The molecule has 0 saturated carbocycles. The van der Waals surface area contributed by atoms with Gasteiger partial charge in [0.1, 0.15) is 11.6 Å². The molecule has 11 heteroatoms. The van der Waals surface area contributed by atoms with E-state index < -0.39 is 0 Å². The number of hydrogen-bond donors (Lipinski definition) is 3. The first-order chi connectivity index (χ1) is 18.9. The first kappa shape index (κ1) is 23.1. The van der Waals surface area contributed by atoms with E-state index in [1.807, 2.05) is 44.2 Å². The summed E-state index contributed by atoms with van der Waals surface area (Å²) in [5.74, 6) is 0.0991. The number of nitrogens with one attached hydrogen (secondary N) is 3. The number of carbonyl (C=O) groups is 1. The number of nitrogens with zero attached hydrogens (tertiary/aromatic N) is 6. The largest absolute Gasteiger partial charge is 0.348 e. The molecule has 0 spiro atoms. The van der Waals surface area contributed by atoms with Crippen molar-refractivity contribution in [3.8, 4) is 11.3 Å². The second-order valence-corrected chi connectivity index (χ2v) is 10.0. The van der Waals surface area contributed by atoms with Crippen molar-refractivity contribution in [2.75, 3.05) is 10.2 Å². The van der Waals surface area contributed by atoms with Crippen molar-refractivity contribution in [2.24, 2.45) is 0 Å². The van der Waals surface area contributed by atoms with Gasteiger partial charge >= 0.3 is 0 Å². The number of rotatable bonds is 5. The molecule has 2 aromatic carbocycles. The predicted octanol–water partition coefficient (Wildman–Crippen LogP) is 5.03. The van der Waals surface area contributed by atoms with Gasteiger partial charge in [0.25, 0.3) is 5.91 Å². The Bertz CT molecular complexity index is 1870. The molecule has 0 radical (unpaired) electrons. The third-order valence-electron chi connectivity index (χ3n) is 7.11. The standard InChI is InChI=1S/C28H24FN9O/c1-15(2)25-26(28(39)33-21-6-4-16-10-32-35-22(16)8-21)36-38-23(19-11-30-31-12-19)9-24(34-27(25)38)37-13-17-3-5-20(29)7-18(17)14-37/h3-12,15H,13-14H2,1-2H3,(H,30,31)(H,32,35)(H,33,39). The summed E-state index contributed by atoms with van der Waals surface area (Å²) < 4.78 is 15.6. The van der Waals surface area contributed by atoms with Gasteiger partial charge in [-0.1, -0.05) is 19.9 Å². The van der Waals surface area contributed by atoms with Crippen LogP contribution in [0.5, 0.6) is 0 Å². The number of aromatic amines is 2. The minimum absolute atomic E-state index is 0.0387. The maximum Gasteiger partial charge on any atom is 0.276 e. The van der Waals surface area contributed by atoms with E-state index in [2.05, 4.69) is 30.6 Å². The Kier molecular flexibility index (Phi) is 5.18. The van der Waals surface area contributed by atoms with Crippen molar-refractivity contribution in [1.82, 2.24) is 35.0 Å². The molecule has 0 bridgehead atoms. The van der Waals surface area contributed by atoms with Crippen LogP contribution in [0, 0.1) is 5.82 Å². The third-order valence-corrected chi connectivity index (χ3v) is 7.11. The number of aromatic nitrogens is 7. The third kappa shape index (κ3) is 3.90. The topological polar surface area (TPSA) is 120 Å². The van der Waals surface area contributed by atoms with E-state index in [4.69, 9.17) is 10.1 Å². The van der Waals surface area contributed by atoms with Gasteiger partial charge < -0.3 is 10.2 Å². The fourth-order valence-corrected chi connectivity index (χ4v) is 5.21. The van der Waals surface area contributed by atoms with E-state index in [-0.39, 0.29) is 17.6 Å². The molecule has 0 atom stereocenters. The molecule has 5 heterocycles. The summed E-state index contributed by atoms with van der Waals surface area (Å²) in [6.45, 7) is 5.18. The van der Waals surface area contributed by atoms with Crippen LogP contribution in [0.4, 0.5) is 15.9 Å². The summed E-state index contributed by atoms with van der Waals surface area (Å²) in [5.41, 5.74) is 6.64. The van der Waals surface area contributed by atoms with E-state index >= 15 is 0 Å². The summed E-state index contributed by atoms with van der Waals surface area (Å²) in [4.78, 5) is 20.7. The summed E-state index contributed by atoms with van der Waals surface area (Å²) in [6.07, 6.45) is 5.22. The number of hydrogen-bond acceptors (Lipinski definition) is 6. The monoisotopic (exact) mass is 521 g/mol. The molecule has 0 unspecified atom stereocenters. The molecular weight excluding hydrogens is 497 g/mol. The van der Waals surface area contributed by atoms with Gasteiger partial charge in [-0.25, -0.2) is 13.9 Å². The Morgan fingerprint density at radius 2 is 1.92 bits per heavy atom. The van der Waals surface area contributed by atoms with Gasteiger partial charge in [0.15, 0.2) is 11.3 Å². The minimum atomic E-state index is -0.327. The van der Waals surface area contributed by atoms with E-state index in [1.54, 1.807) is 29.2 Å². The minimum Gasteiger partial charge on any atom is -0.348 e. The van der Waals surface area contributed by atoms with Crippen molar-refractivity contribution in [3.63, 3.8) is 0 Å². The molecule has 0 fully saturated rings. The van der Waals surface area contributed by atoms with Gasteiger partial charge in [-0.15, -0.1) is 0 Å². The summed E-state index contributed by atoms with van der Waals surface area (Å²) in [6, 6.07) is 12.4. The summed E-state index contributed by atoms with van der Waals surface area (Å²) in [5, 5.41) is 22.7. The highest BCUT2D eigenvalue weighted by atomic mass is 19.1. The van der Waals surface area contributed by atoms with E-state index in [0.29, 0.717) is 35.9 Å². The van der Waals surface area contributed by atoms with Gasteiger partial charge in [-0.05, 0) is 47.4 Å². The van der Waals surface area contributed by atoms with Crippen LogP contribution >= 0.6 is 0 Å². The average molecular weight is 522 g/mol. The number of halogens is 1. The van der Waals surface area contributed by atoms with Crippen molar-refractivity contribution in [2.45, 2.75) is 32.9 Å². The van der Waals surface area contributed by atoms with Gasteiger partial charge in [0, 0.05) is 47.6 Å². The SMILES string of the molecule is CC(C)c1c(C(=O)Nc2ccc3cn[nH]c3c2)nn2c(-c3cn[nH]c3)cc(N3Cc4ccc(F)cc4C3)nc12. The zero-order valence-corrected chi connectivity index (χ0v) is 21.2. The molecule has 6 aromatic rings. The number of H-pyrrole nitrogens is 2. The Hall–Kier alpha value is -5.06. The molecule has 1 aliphatic heterocycles. The fraction of sp³-hybridized carbons (Fsp3) is 0.179. The fourth-order valence-electron chi connectivity index (χ4n) is 5.21. The van der Waals surface area contributed by atoms with Crippen molar-refractivity contribution >= 4 is 34.0 Å². The molecule has 1 aliphatic rings. The lowest BCUT2D eigenvalue weighted by molar-refractivity contribution is 0.102. The second kappa shape index (κ2) is 8.76. The Morgan fingerprint density at radius 3 is 2.74 bits per heavy atom. The highest BCUT2D eigenvalue weighted by molar-refractivity contribution is 6.06. The highest BCUT2D eigenvalue weighted by Crippen LogP contribution is 2.34. The van der Waals surface area contributed by atoms with Crippen LogP contribution in [-0.2, 0) is 13.1 Å². The van der Waals surface area contributed by atoms with Crippen molar-refractivity contribution < 1.29 is 9.18 Å². The van der Waals surface area contributed by atoms with Gasteiger partial charge in [0.2, 0.25) is 0 Å². The maximum atomic E-state index is 13.9. The molecule has 4 aromatic heterocycles. The van der Waals surface area contributed by atoms with E-state index in [0.717, 1.165) is 38.9 Å². The molecule has 0 saturated heterocycles. The Balaban J connectivity index is 1.34. The molecule has 3 N–H and O–H groups in total. The first-order valence-corrected chi connectivity index (χ1v) is 12.6. The molecule has 194 valence electrons. The van der Waals surface area contributed by atoms with Gasteiger partial charge in [0.05, 0.1) is 23.6 Å².